The molecule has 0 fully saturated rings. The lowest BCUT2D eigenvalue weighted by Crippen LogP contribution is -2.22. The SMILES string of the molecule is Cc1ccc(CN=C(N)Nc2ccc(OC(C)C)cc2)c(N(C)C)c1.I. The van der Waals surface area contributed by atoms with Gasteiger partial charge in [-0.25, -0.2) is 4.99 Å². The number of benzene rings is 2. The van der Waals surface area contributed by atoms with E-state index in [1.807, 2.05) is 52.2 Å². The van der Waals surface area contributed by atoms with E-state index in [2.05, 4.69) is 40.3 Å². The summed E-state index contributed by atoms with van der Waals surface area (Å²) in [5.74, 6) is 1.23. The van der Waals surface area contributed by atoms with Gasteiger partial charge in [-0.05, 0) is 62.2 Å². The minimum atomic E-state index is 0. The van der Waals surface area contributed by atoms with Crippen LogP contribution < -0.4 is 20.7 Å². The Hall–Kier alpha value is -1.96. The number of ether oxygens (including phenoxy) is 1. The summed E-state index contributed by atoms with van der Waals surface area (Å²) in [5, 5.41) is 3.11. The number of hydrogen-bond donors (Lipinski definition) is 2. The lowest BCUT2D eigenvalue weighted by atomic mass is 10.1. The molecule has 5 nitrogen and oxygen atoms in total. The summed E-state index contributed by atoms with van der Waals surface area (Å²) in [4.78, 5) is 6.55. The fraction of sp³-hybridized carbons (Fsp3) is 0.350. The van der Waals surface area contributed by atoms with Crippen molar-refractivity contribution in [2.75, 3.05) is 24.3 Å². The van der Waals surface area contributed by atoms with Crippen LogP contribution >= 0.6 is 24.0 Å². The fourth-order valence-electron chi connectivity index (χ4n) is 2.47. The molecule has 142 valence electrons. The molecule has 0 saturated heterocycles. The zero-order chi connectivity index (χ0) is 18.4. The van der Waals surface area contributed by atoms with Crippen molar-refractivity contribution in [3.8, 4) is 5.75 Å². The molecule has 2 aromatic rings. The topological polar surface area (TPSA) is 62.9 Å². The van der Waals surface area contributed by atoms with E-state index in [0.29, 0.717) is 12.5 Å². The first-order valence-electron chi connectivity index (χ1n) is 8.45. The van der Waals surface area contributed by atoms with Crippen molar-refractivity contribution in [3.63, 3.8) is 0 Å². The highest BCUT2D eigenvalue weighted by Crippen LogP contribution is 2.21. The van der Waals surface area contributed by atoms with Gasteiger partial charge in [0.25, 0.3) is 0 Å². The second kappa shape index (κ2) is 10.3. The molecule has 0 spiro atoms. The van der Waals surface area contributed by atoms with Crippen molar-refractivity contribution >= 4 is 41.3 Å². The van der Waals surface area contributed by atoms with Crippen molar-refractivity contribution in [1.82, 2.24) is 0 Å². The van der Waals surface area contributed by atoms with Gasteiger partial charge < -0.3 is 20.7 Å². The average Bonchev–Trinajstić information content (AvgIpc) is 2.55. The van der Waals surface area contributed by atoms with Gasteiger partial charge in [-0.2, -0.15) is 0 Å². The highest BCUT2D eigenvalue weighted by molar-refractivity contribution is 14.0. The van der Waals surface area contributed by atoms with E-state index in [0.717, 1.165) is 22.7 Å². The first kappa shape index (κ1) is 22.1. The van der Waals surface area contributed by atoms with Crippen molar-refractivity contribution in [2.24, 2.45) is 10.7 Å². The number of rotatable bonds is 6. The Bertz CT molecular complexity index is 727. The molecule has 0 bridgehead atoms. The summed E-state index contributed by atoms with van der Waals surface area (Å²) >= 11 is 0. The number of aliphatic imine (C=N–C) groups is 1. The minimum absolute atomic E-state index is 0. The molecule has 0 atom stereocenters. The fourth-order valence-corrected chi connectivity index (χ4v) is 2.47. The molecule has 3 N–H and O–H groups in total. The van der Waals surface area contributed by atoms with E-state index < -0.39 is 0 Å². The average molecular weight is 468 g/mol. The van der Waals surface area contributed by atoms with Gasteiger partial charge in [-0.3, -0.25) is 0 Å². The second-order valence-corrected chi connectivity index (χ2v) is 6.54. The van der Waals surface area contributed by atoms with Crippen molar-refractivity contribution in [1.29, 1.82) is 0 Å². The summed E-state index contributed by atoms with van der Waals surface area (Å²) in [5.41, 5.74) is 10.4. The van der Waals surface area contributed by atoms with Crippen LogP contribution in [0.3, 0.4) is 0 Å². The third-order valence-electron chi connectivity index (χ3n) is 3.64. The van der Waals surface area contributed by atoms with Gasteiger partial charge >= 0.3 is 0 Å². The number of nitrogens with zero attached hydrogens (tertiary/aromatic N) is 2. The number of aryl methyl sites for hydroxylation is 1. The zero-order valence-corrected chi connectivity index (χ0v) is 18.4. The molecule has 0 saturated carbocycles. The number of nitrogens with two attached hydrogens (primary N) is 1. The molecule has 0 aromatic heterocycles. The molecule has 0 radical (unpaired) electrons. The van der Waals surface area contributed by atoms with Gasteiger partial charge in [0.2, 0.25) is 0 Å². The van der Waals surface area contributed by atoms with Crippen LogP contribution in [0.25, 0.3) is 0 Å². The molecule has 2 rings (SSSR count). The maximum atomic E-state index is 6.02. The largest absolute Gasteiger partial charge is 0.491 e. The van der Waals surface area contributed by atoms with Crippen LogP contribution in [0.1, 0.15) is 25.0 Å². The molecule has 6 heteroatoms. The Labute approximate surface area is 173 Å². The monoisotopic (exact) mass is 468 g/mol. The summed E-state index contributed by atoms with van der Waals surface area (Å²) in [6.07, 6.45) is 0.158. The van der Waals surface area contributed by atoms with E-state index >= 15 is 0 Å². The first-order chi connectivity index (χ1) is 11.8. The Morgan fingerprint density at radius 3 is 2.38 bits per heavy atom. The normalized spacial score (nSPS) is 11.1. The van der Waals surface area contributed by atoms with Crippen LogP contribution in [-0.2, 0) is 6.54 Å². The molecule has 26 heavy (non-hydrogen) atoms. The zero-order valence-electron chi connectivity index (χ0n) is 16.1. The molecule has 0 aliphatic carbocycles. The third kappa shape index (κ3) is 6.74. The van der Waals surface area contributed by atoms with Crippen molar-refractivity contribution < 1.29 is 4.74 Å². The standard InChI is InChI=1S/C20H28N4O.HI/c1-14(2)25-18-10-8-17(9-11-18)23-20(21)22-13-16-7-6-15(3)12-19(16)24(4)5;/h6-12,14H,13H2,1-5H3,(H3,21,22,23);1H. The maximum absolute atomic E-state index is 6.02. The van der Waals surface area contributed by atoms with Crippen LogP contribution in [0, 0.1) is 6.92 Å². The Morgan fingerprint density at radius 2 is 1.81 bits per heavy atom. The van der Waals surface area contributed by atoms with Crippen LogP contribution in [0.2, 0.25) is 0 Å². The summed E-state index contributed by atoms with van der Waals surface area (Å²) < 4.78 is 5.63. The van der Waals surface area contributed by atoms with Gasteiger partial charge in [0.05, 0.1) is 12.6 Å². The number of hydrogen-bond acceptors (Lipinski definition) is 3. The molecule has 0 amide bonds. The molecule has 2 aromatic carbocycles. The summed E-state index contributed by atoms with van der Waals surface area (Å²) in [7, 11) is 4.06. The summed E-state index contributed by atoms with van der Waals surface area (Å²) in [6, 6.07) is 14.0. The lowest BCUT2D eigenvalue weighted by molar-refractivity contribution is 0.242. The minimum Gasteiger partial charge on any atom is -0.491 e. The second-order valence-electron chi connectivity index (χ2n) is 6.54. The van der Waals surface area contributed by atoms with Gasteiger partial charge in [-0.1, -0.05) is 12.1 Å². The molecule has 0 aliphatic rings. The quantitative estimate of drug-likeness (QED) is 0.375. The maximum Gasteiger partial charge on any atom is 0.193 e. The number of halogens is 1. The van der Waals surface area contributed by atoms with E-state index in [4.69, 9.17) is 10.5 Å². The van der Waals surface area contributed by atoms with Gasteiger partial charge in [0.1, 0.15) is 5.75 Å². The van der Waals surface area contributed by atoms with Crippen LogP contribution in [0.4, 0.5) is 11.4 Å². The van der Waals surface area contributed by atoms with Gasteiger partial charge in [-0.15, -0.1) is 24.0 Å². The molecular weight excluding hydrogens is 439 g/mol. The highest BCUT2D eigenvalue weighted by atomic mass is 127. The molecule has 0 heterocycles. The number of guanidine groups is 1. The number of nitrogens with one attached hydrogen (secondary N) is 1. The van der Waals surface area contributed by atoms with Crippen LogP contribution in [-0.4, -0.2) is 26.2 Å². The predicted octanol–water partition coefficient (Wildman–Crippen LogP) is 4.39. The van der Waals surface area contributed by atoms with Crippen molar-refractivity contribution in [3.05, 3.63) is 53.6 Å². The first-order valence-corrected chi connectivity index (χ1v) is 8.45. The molecular formula is C20H29IN4O. The number of anilines is 2. The third-order valence-corrected chi connectivity index (χ3v) is 3.64. The van der Waals surface area contributed by atoms with E-state index in [1.54, 1.807) is 0 Å². The van der Waals surface area contributed by atoms with E-state index in [9.17, 15) is 0 Å². The van der Waals surface area contributed by atoms with E-state index in [-0.39, 0.29) is 30.1 Å². The van der Waals surface area contributed by atoms with E-state index in [1.165, 1.54) is 5.56 Å². The predicted molar refractivity (Wildman–Crippen MR) is 122 cm³/mol. The Kier molecular flexibility index (Phi) is 8.71. The van der Waals surface area contributed by atoms with Gasteiger partial charge in [0.15, 0.2) is 5.96 Å². The smallest absolute Gasteiger partial charge is 0.193 e. The Morgan fingerprint density at radius 1 is 1.15 bits per heavy atom. The molecule has 0 aliphatic heterocycles. The highest BCUT2D eigenvalue weighted by Gasteiger charge is 2.05. The van der Waals surface area contributed by atoms with Gasteiger partial charge in [0, 0.05) is 25.5 Å². The van der Waals surface area contributed by atoms with Crippen molar-refractivity contribution in [2.45, 2.75) is 33.4 Å². The van der Waals surface area contributed by atoms with Crippen LogP contribution in [0.5, 0.6) is 5.75 Å². The summed E-state index contributed by atoms with van der Waals surface area (Å²) in [6.45, 7) is 6.62. The van der Waals surface area contributed by atoms with Crippen LogP contribution in [0.15, 0.2) is 47.5 Å². The Balaban J connectivity index is 0.00000338. The lowest BCUT2D eigenvalue weighted by Gasteiger charge is -2.17. The molecule has 0 unspecified atom stereocenters.